The number of ether oxygens (including phenoxy) is 2. The molecule has 0 amide bonds. The number of halogens is 4. The van der Waals surface area contributed by atoms with E-state index in [0.29, 0.717) is 6.42 Å². The van der Waals surface area contributed by atoms with E-state index in [4.69, 9.17) is 4.74 Å². The van der Waals surface area contributed by atoms with Gasteiger partial charge in [0.05, 0.1) is 13.2 Å². The molecule has 0 bridgehead atoms. The van der Waals surface area contributed by atoms with Gasteiger partial charge in [0, 0.05) is 13.1 Å². The third-order valence-corrected chi connectivity index (χ3v) is 3.45. The molecule has 0 saturated carbocycles. The van der Waals surface area contributed by atoms with E-state index < -0.39 is 12.5 Å². The van der Waals surface area contributed by atoms with Gasteiger partial charge in [-0.2, -0.15) is 17.6 Å². The molecule has 1 aliphatic rings. The zero-order chi connectivity index (χ0) is 16.0. The van der Waals surface area contributed by atoms with E-state index in [0.717, 1.165) is 44.8 Å². The van der Waals surface area contributed by atoms with Crippen molar-refractivity contribution in [1.82, 2.24) is 4.90 Å². The van der Waals surface area contributed by atoms with Crippen molar-refractivity contribution in [2.45, 2.75) is 25.4 Å². The van der Waals surface area contributed by atoms with Crippen LogP contribution in [0.4, 0.5) is 17.6 Å². The standard InChI is InChI=1S/C15H19F4NO2/c16-14(17)15(18,19)22-13-5-1-3-12(11-13)4-2-6-20-7-9-21-10-8-20/h1,3,5,11,14H,2,4,6-10H2. The third-order valence-electron chi connectivity index (χ3n) is 3.45. The SMILES string of the molecule is FC(F)C(F)(F)Oc1cccc(CCCN2CCOCC2)c1. The highest BCUT2D eigenvalue weighted by molar-refractivity contribution is 5.29. The van der Waals surface area contributed by atoms with E-state index >= 15 is 0 Å². The highest BCUT2D eigenvalue weighted by Gasteiger charge is 2.43. The molecule has 1 aromatic carbocycles. The van der Waals surface area contributed by atoms with Gasteiger partial charge < -0.3 is 9.47 Å². The lowest BCUT2D eigenvalue weighted by Crippen LogP contribution is -2.36. The van der Waals surface area contributed by atoms with Crippen molar-refractivity contribution in [1.29, 1.82) is 0 Å². The molecule has 0 unspecified atom stereocenters. The summed E-state index contributed by atoms with van der Waals surface area (Å²) < 4.78 is 59.3. The van der Waals surface area contributed by atoms with E-state index in [1.54, 1.807) is 6.07 Å². The molecule has 0 atom stereocenters. The summed E-state index contributed by atoms with van der Waals surface area (Å²) in [7, 11) is 0. The fraction of sp³-hybridized carbons (Fsp3) is 0.600. The summed E-state index contributed by atoms with van der Waals surface area (Å²) in [6.45, 7) is 4.13. The first-order valence-corrected chi connectivity index (χ1v) is 7.21. The summed E-state index contributed by atoms with van der Waals surface area (Å²) in [6.07, 6.45) is -6.78. The number of aryl methyl sites for hydroxylation is 1. The van der Waals surface area contributed by atoms with Gasteiger partial charge in [0.15, 0.2) is 0 Å². The van der Waals surface area contributed by atoms with Crippen LogP contribution in [-0.2, 0) is 11.2 Å². The Labute approximate surface area is 126 Å². The van der Waals surface area contributed by atoms with Crippen molar-refractivity contribution in [3.63, 3.8) is 0 Å². The number of morpholine rings is 1. The van der Waals surface area contributed by atoms with E-state index in [2.05, 4.69) is 9.64 Å². The zero-order valence-corrected chi connectivity index (χ0v) is 12.1. The lowest BCUT2D eigenvalue weighted by Gasteiger charge is -2.26. The Hall–Kier alpha value is -1.34. The number of benzene rings is 1. The largest absolute Gasteiger partial charge is 0.461 e. The number of alkyl halides is 4. The topological polar surface area (TPSA) is 21.7 Å². The van der Waals surface area contributed by atoms with Gasteiger partial charge in [-0.1, -0.05) is 12.1 Å². The molecule has 1 aliphatic heterocycles. The first kappa shape index (κ1) is 17.0. The number of nitrogens with zero attached hydrogens (tertiary/aromatic N) is 1. The lowest BCUT2D eigenvalue weighted by atomic mass is 10.1. The summed E-state index contributed by atoms with van der Waals surface area (Å²) in [6, 6.07) is 5.94. The van der Waals surface area contributed by atoms with Crippen molar-refractivity contribution < 1.29 is 27.0 Å². The van der Waals surface area contributed by atoms with Crippen LogP contribution in [0.3, 0.4) is 0 Å². The fourth-order valence-corrected chi connectivity index (χ4v) is 2.30. The van der Waals surface area contributed by atoms with E-state index in [9.17, 15) is 17.6 Å². The summed E-state index contributed by atoms with van der Waals surface area (Å²) in [4.78, 5) is 2.27. The minimum atomic E-state index is -4.47. The molecule has 0 N–H and O–H groups in total. The predicted molar refractivity (Wildman–Crippen MR) is 73.6 cm³/mol. The first-order valence-electron chi connectivity index (χ1n) is 7.21. The Bertz CT molecular complexity index is 465. The Morgan fingerprint density at radius 1 is 1.23 bits per heavy atom. The van der Waals surface area contributed by atoms with Gasteiger partial charge in [0.25, 0.3) is 0 Å². The summed E-state index contributed by atoms with van der Waals surface area (Å²) in [5.41, 5.74) is 0.788. The van der Waals surface area contributed by atoms with Gasteiger partial charge in [-0.05, 0) is 37.1 Å². The maximum atomic E-state index is 12.9. The van der Waals surface area contributed by atoms with Crippen LogP contribution in [-0.4, -0.2) is 50.3 Å². The Balaban J connectivity index is 1.83. The van der Waals surface area contributed by atoms with Crippen LogP contribution < -0.4 is 4.74 Å². The molecular formula is C15H19F4NO2. The molecule has 3 nitrogen and oxygen atoms in total. The second kappa shape index (κ2) is 7.78. The molecule has 22 heavy (non-hydrogen) atoms. The molecular weight excluding hydrogens is 302 g/mol. The molecule has 1 saturated heterocycles. The number of hydrogen-bond donors (Lipinski definition) is 0. The van der Waals surface area contributed by atoms with Gasteiger partial charge in [0.2, 0.25) is 0 Å². The average Bonchev–Trinajstić information content (AvgIpc) is 2.48. The maximum absolute atomic E-state index is 12.9. The van der Waals surface area contributed by atoms with E-state index in [1.165, 1.54) is 18.2 Å². The highest BCUT2D eigenvalue weighted by atomic mass is 19.3. The normalized spacial score (nSPS) is 17.0. The first-order chi connectivity index (χ1) is 10.5. The minimum Gasteiger partial charge on any atom is -0.428 e. The average molecular weight is 321 g/mol. The fourth-order valence-electron chi connectivity index (χ4n) is 2.30. The van der Waals surface area contributed by atoms with Gasteiger partial charge in [-0.25, -0.2) is 0 Å². The molecule has 0 aromatic heterocycles. The van der Waals surface area contributed by atoms with Crippen LogP contribution in [0, 0.1) is 0 Å². The van der Waals surface area contributed by atoms with Crippen LogP contribution >= 0.6 is 0 Å². The molecule has 0 aliphatic carbocycles. The summed E-state index contributed by atoms with van der Waals surface area (Å²) in [5, 5.41) is 0. The molecule has 7 heteroatoms. The third kappa shape index (κ3) is 5.14. The van der Waals surface area contributed by atoms with Crippen molar-refractivity contribution in [3.8, 4) is 5.75 Å². The molecule has 1 heterocycles. The van der Waals surface area contributed by atoms with E-state index in [1.807, 2.05) is 0 Å². The summed E-state index contributed by atoms with van der Waals surface area (Å²) >= 11 is 0. The Morgan fingerprint density at radius 3 is 2.64 bits per heavy atom. The van der Waals surface area contributed by atoms with Crippen molar-refractivity contribution >= 4 is 0 Å². The molecule has 124 valence electrons. The second-order valence-electron chi connectivity index (χ2n) is 5.17. The quantitative estimate of drug-likeness (QED) is 0.720. The number of hydrogen-bond acceptors (Lipinski definition) is 3. The molecule has 1 aromatic rings. The van der Waals surface area contributed by atoms with Gasteiger partial charge in [-0.15, -0.1) is 0 Å². The van der Waals surface area contributed by atoms with Crippen LogP contribution in [0.1, 0.15) is 12.0 Å². The smallest absolute Gasteiger partial charge is 0.428 e. The van der Waals surface area contributed by atoms with Crippen LogP contribution in [0.2, 0.25) is 0 Å². The van der Waals surface area contributed by atoms with Crippen LogP contribution in [0.5, 0.6) is 5.75 Å². The van der Waals surface area contributed by atoms with Crippen molar-refractivity contribution in [2.75, 3.05) is 32.8 Å². The van der Waals surface area contributed by atoms with Gasteiger partial charge in [-0.3, -0.25) is 4.90 Å². The minimum absolute atomic E-state index is 0.242. The Morgan fingerprint density at radius 2 is 1.95 bits per heavy atom. The van der Waals surface area contributed by atoms with Gasteiger partial charge in [0.1, 0.15) is 5.75 Å². The summed E-state index contributed by atoms with van der Waals surface area (Å²) in [5.74, 6) is -0.242. The molecule has 2 rings (SSSR count). The zero-order valence-electron chi connectivity index (χ0n) is 12.1. The van der Waals surface area contributed by atoms with Crippen molar-refractivity contribution in [2.24, 2.45) is 0 Å². The molecule has 0 spiro atoms. The second-order valence-corrected chi connectivity index (χ2v) is 5.17. The van der Waals surface area contributed by atoms with E-state index in [-0.39, 0.29) is 5.75 Å². The molecule has 0 radical (unpaired) electrons. The maximum Gasteiger partial charge on any atom is 0.461 e. The van der Waals surface area contributed by atoms with Gasteiger partial charge >= 0.3 is 12.5 Å². The highest BCUT2D eigenvalue weighted by Crippen LogP contribution is 2.28. The predicted octanol–water partition coefficient (Wildman–Crippen LogP) is 3.19. The van der Waals surface area contributed by atoms with Crippen molar-refractivity contribution in [3.05, 3.63) is 29.8 Å². The number of rotatable bonds is 7. The Kier molecular flexibility index (Phi) is 6.02. The van der Waals surface area contributed by atoms with Crippen LogP contribution in [0.15, 0.2) is 24.3 Å². The van der Waals surface area contributed by atoms with Crippen LogP contribution in [0.25, 0.3) is 0 Å². The molecule has 1 fully saturated rings. The lowest BCUT2D eigenvalue weighted by molar-refractivity contribution is -0.253. The monoisotopic (exact) mass is 321 g/mol.